The standard InChI is InChI=1S/C15H17FN4S3/c1-9(23-8-10-4-6-11(16)7-5-10)18-13-12(17)14(21)20(3)15(22)19(13)2/h4-7H,8,17H2,1-3H3/b18-9+. The lowest BCUT2D eigenvalue weighted by molar-refractivity contribution is 0.627. The molecule has 1 heterocycles. The number of halogens is 1. The quantitative estimate of drug-likeness (QED) is 0.491. The lowest BCUT2D eigenvalue weighted by atomic mass is 10.2. The van der Waals surface area contributed by atoms with Gasteiger partial charge in [-0.2, -0.15) is 0 Å². The SMILES string of the molecule is C/C(=N\c1c(N)c(=S)n(C)c(=S)n1C)SCc1ccc(F)cc1. The van der Waals surface area contributed by atoms with E-state index < -0.39 is 0 Å². The van der Waals surface area contributed by atoms with Crippen LogP contribution in [0.3, 0.4) is 0 Å². The van der Waals surface area contributed by atoms with Gasteiger partial charge in [-0.1, -0.05) is 24.4 Å². The molecule has 0 fully saturated rings. The number of benzene rings is 1. The molecule has 23 heavy (non-hydrogen) atoms. The molecule has 0 bridgehead atoms. The number of hydrogen-bond acceptors (Lipinski definition) is 5. The van der Waals surface area contributed by atoms with Crippen LogP contribution in [-0.2, 0) is 19.8 Å². The predicted molar refractivity (Wildman–Crippen MR) is 101 cm³/mol. The molecule has 0 unspecified atom stereocenters. The number of aromatic nitrogens is 2. The van der Waals surface area contributed by atoms with Crippen molar-refractivity contribution in [1.29, 1.82) is 0 Å². The maximum atomic E-state index is 12.9. The Morgan fingerprint density at radius 3 is 2.43 bits per heavy atom. The van der Waals surface area contributed by atoms with E-state index in [1.165, 1.54) is 12.1 Å². The first-order chi connectivity index (χ1) is 10.8. The third kappa shape index (κ3) is 4.07. The first-order valence-electron chi connectivity index (χ1n) is 6.79. The minimum atomic E-state index is -0.239. The topological polar surface area (TPSA) is 48.2 Å². The van der Waals surface area contributed by atoms with Crippen LogP contribution in [0.1, 0.15) is 12.5 Å². The Kier molecular flexibility index (Phi) is 5.72. The van der Waals surface area contributed by atoms with Crippen molar-refractivity contribution in [1.82, 2.24) is 9.13 Å². The monoisotopic (exact) mass is 368 g/mol. The number of hydrogen-bond donors (Lipinski definition) is 1. The first kappa shape index (κ1) is 17.8. The Bertz CT molecular complexity index is 829. The van der Waals surface area contributed by atoms with E-state index in [0.29, 0.717) is 26.7 Å². The predicted octanol–water partition coefficient (Wildman–Crippen LogP) is 4.53. The highest BCUT2D eigenvalue weighted by molar-refractivity contribution is 8.13. The van der Waals surface area contributed by atoms with Gasteiger partial charge in [-0.3, -0.25) is 0 Å². The van der Waals surface area contributed by atoms with Gasteiger partial charge in [0, 0.05) is 19.8 Å². The van der Waals surface area contributed by atoms with Crippen LogP contribution in [0.25, 0.3) is 0 Å². The van der Waals surface area contributed by atoms with E-state index in [1.807, 2.05) is 14.0 Å². The highest BCUT2D eigenvalue weighted by atomic mass is 32.2. The van der Waals surface area contributed by atoms with E-state index in [9.17, 15) is 4.39 Å². The first-order valence-corrected chi connectivity index (χ1v) is 8.59. The molecule has 0 spiro atoms. The second-order valence-corrected chi connectivity index (χ2v) is 6.91. The lowest BCUT2D eigenvalue weighted by Crippen LogP contribution is -2.09. The maximum absolute atomic E-state index is 12.9. The molecule has 0 aliphatic rings. The molecule has 1 aromatic heterocycles. The van der Waals surface area contributed by atoms with E-state index in [2.05, 4.69) is 4.99 Å². The summed E-state index contributed by atoms with van der Waals surface area (Å²) in [5.74, 6) is 1.01. The Morgan fingerprint density at radius 1 is 1.22 bits per heavy atom. The Morgan fingerprint density at radius 2 is 1.83 bits per heavy atom. The highest BCUT2D eigenvalue weighted by Crippen LogP contribution is 2.25. The zero-order chi connectivity index (χ0) is 17.1. The zero-order valence-corrected chi connectivity index (χ0v) is 15.5. The third-order valence-electron chi connectivity index (χ3n) is 3.29. The van der Waals surface area contributed by atoms with E-state index in [0.717, 1.165) is 10.6 Å². The smallest absolute Gasteiger partial charge is 0.182 e. The highest BCUT2D eigenvalue weighted by Gasteiger charge is 2.08. The van der Waals surface area contributed by atoms with Gasteiger partial charge < -0.3 is 14.9 Å². The maximum Gasteiger partial charge on any atom is 0.182 e. The number of anilines is 1. The van der Waals surface area contributed by atoms with Crippen LogP contribution in [0.5, 0.6) is 0 Å². The van der Waals surface area contributed by atoms with Crippen LogP contribution in [0, 0.1) is 15.2 Å². The van der Waals surface area contributed by atoms with E-state index in [4.69, 9.17) is 30.2 Å². The van der Waals surface area contributed by atoms with E-state index in [1.54, 1.807) is 40.1 Å². The number of nitrogen functional groups attached to an aromatic ring is 1. The fourth-order valence-corrected chi connectivity index (χ4v) is 3.08. The van der Waals surface area contributed by atoms with E-state index >= 15 is 0 Å². The Hall–Kier alpha value is -1.51. The molecule has 2 N–H and O–H groups in total. The molecule has 8 heteroatoms. The molecule has 0 radical (unpaired) electrons. The van der Waals surface area contributed by atoms with Crippen LogP contribution in [0.2, 0.25) is 0 Å². The summed E-state index contributed by atoms with van der Waals surface area (Å²) in [6.45, 7) is 1.90. The van der Waals surface area contributed by atoms with Gasteiger partial charge in [-0.25, -0.2) is 9.38 Å². The summed E-state index contributed by atoms with van der Waals surface area (Å²) in [5.41, 5.74) is 7.53. The summed E-state index contributed by atoms with van der Waals surface area (Å²) >= 11 is 12.2. The molecular weight excluding hydrogens is 351 g/mol. The number of aliphatic imine (C=N–C) groups is 1. The van der Waals surface area contributed by atoms with Gasteiger partial charge in [0.2, 0.25) is 0 Å². The largest absolute Gasteiger partial charge is 0.393 e. The van der Waals surface area contributed by atoms with Gasteiger partial charge in [-0.15, -0.1) is 11.8 Å². The van der Waals surface area contributed by atoms with Crippen molar-refractivity contribution in [2.45, 2.75) is 12.7 Å². The van der Waals surface area contributed by atoms with Crippen molar-refractivity contribution in [2.75, 3.05) is 5.73 Å². The number of nitrogens with two attached hydrogens (primary N) is 1. The molecule has 2 aromatic rings. The van der Waals surface area contributed by atoms with Gasteiger partial charge >= 0.3 is 0 Å². The van der Waals surface area contributed by atoms with Crippen LogP contribution in [-0.4, -0.2) is 14.2 Å². The van der Waals surface area contributed by atoms with Crippen LogP contribution < -0.4 is 5.73 Å². The van der Waals surface area contributed by atoms with Crippen molar-refractivity contribution in [3.8, 4) is 0 Å². The van der Waals surface area contributed by atoms with Crippen molar-refractivity contribution < 1.29 is 4.39 Å². The average molecular weight is 369 g/mol. The van der Waals surface area contributed by atoms with Crippen LogP contribution in [0.15, 0.2) is 29.3 Å². The second kappa shape index (κ2) is 7.37. The van der Waals surface area contributed by atoms with Crippen LogP contribution >= 0.6 is 36.2 Å². The number of nitrogens with zero attached hydrogens (tertiary/aromatic N) is 3. The normalized spacial score (nSPS) is 11.7. The Labute approximate surface area is 148 Å². The van der Waals surface area contributed by atoms with Crippen molar-refractivity contribution >= 4 is 52.7 Å². The average Bonchev–Trinajstić information content (AvgIpc) is 2.54. The van der Waals surface area contributed by atoms with Gasteiger partial charge in [0.05, 0.1) is 5.04 Å². The third-order valence-corrected chi connectivity index (χ3v) is 5.32. The van der Waals surface area contributed by atoms with Gasteiger partial charge in [0.1, 0.15) is 16.1 Å². The summed E-state index contributed by atoms with van der Waals surface area (Å²) in [5, 5.41) is 0.828. The molecule has 1 aromatic carbocycles. The number of thioether (sulfide) groups is 1. The molecule has 0 aliphatic carbocycles. The minimum absolute atomic E-state index is 0.239. The van der Waals surface area contributed by atoms with Gasteiger partial charge in [-0.05, 0) is 36.8 Å². The summed E-state index contributed by atoms with van der Waals surface area (Å²) < 4.78 is 17.4. The molecule has 0 amide bonds. The van der Waals surface area contributed by atoms with Gasteiger partial charge in [0.25, 0.3) is 0 Å². The molecule has 122 valence electrons. The van der Waals surface area contributed by atoms with Crippen molar-refractivity contribution in [3.05, 3.63) is 45.1 Å². The Balaban J connectivity index is 2.26. The summed E-state index contributed by atoms with van der Waals surface area (Å²) in [4.78, 5) is 4.55. The zero-order valence-electron chi connectivity index (χ0n) is 13.0. The molecule has 0 atom stereocenters. The molecule has 2 rings (SSSR count). The molecule has 4 nitrogen and oxygen atoms in total. The summed E-state index contributed by atoms with van der Waals surface area (Å²) in [6, 6.07) is 6.42. The molecule has 0 saturated carbocycles. The lowest BCUT2D eigenvalue weighted by Gasteiger charge is -2.12. The van der Waals surface area contributed by atoms with Crippen molar-refractivity contribution in [3.63, 3.8) is 0 Å². The van der Waals surface area contributed by atoms with E-state index in [-0.39, 0.29) is 5.82 Å². The molecule has 0 saturated heterocycles. The van der Waals surface area contributed by atoms with Gasteiger partial charge in [0.15, 0.2) is 10.6 Å². The summed E-state index contributed by atoms with van der Waals surface area (Å²) in [7, 11) is 3.59. The fraction of sp³-hybridized carbons (Fsp3) is 0.267. The van der Waals surface area contributed by atoms with Crippen molar-refractivity contribution in [2.24, 2.45) is 19.1 Å². The minimum Gasteiger partial charge on any atom is -0.393 e. The summed E-state index contributed by atoms with van der Waals surface area (Å²) in [6.07, 6.45) is 0. The molecule has 0 aliphatic heterocycles. The second-order valence-electron chi connectivity index (χ2n) is 4.99. The number of rotatable bonds is 3. The van der Waals surface area contributed by atoms with Crippen LogP contribution in [0.4, 0.5) is 15.9 Å². The molecular formula is C15H17FN4S3. The fourth-order valence-electron chi connectivity index (χ4n) is 1.94.